The van der Waals surface area contributed by atoms with Crippen molar-refractivity contribution < 1.29 is 27.1 Å². The summed E-state index contributed by atoms with van der Waals surface area (Å²) in [4.78, 5) is 12.5. The average Bonchev–Trinajstić information content (AvgIpc) is 3.19. The van der Waals surface area contributed by atoms with E-state index in [0.29, 0.717) is 36.8 Å². The molecule has 1 N–H and O–H groups in total. The first kappa shape index (κ1) is 28.1. The van der Waals surface area contributed by atoms with Crippen molar-refractivity contribution in [2.75, 3.05) is 6.26 Å². The highest BCUT2D eigenvalue weighted by atomic mass is 32.2. The number of hydrogen-bond donors (Lipinski definition) is 1. The van der Waals surface area contributed by atoms with E-state index in [2.05, 4.69) is 18.8 Å². The number of halogens is 2. The van der Waals surface area contributed by atoms with E-state index in [-0.39, 0.29) is 34.0 Å². The van der Waals surface area contributed by atoms with Gasteiger partial charge in [0, 0.05) is 35.1 Å². The Balaban J connectivity index is 1.45. The van der Waals surface area contributed by atoms with E-state index < -0.39 is 32.5 Å². The van der Waals surface area contributed by atoms with Gasteiger partial charge in [0.1, 0.15) is 17.2 Å². The van der Waals surface area contributed by atoms with Crippen LogP contribution in [0.1, 0.15) is 74.5 Å². The van der Waals surface area contributed by atoms with Crippen LogP contribution in [-0.4, -0.2) is 31.2 Å². The third kappa shape index (κ3) is 4.60. The van der Waals surface area contributed by atoms with Crippen molar-refractivity contribution in [3.05, 3.63) is 87.5 Å². The molecule has 4 aliphatic rings. The lowest BCUT2D eigenvalue weighted by Crippen LogP contribution is -2.51. The monoisotopic (exact) mass is 576 g/mol. The lowest BCUT2D eigenvalue weighted by Gasteiger charge is -2.53. The van der Waals surface area contributed by atoms with Crippen LogP contribution in [0.4, 0.5) is 8.78 Å². The third-order valence-electron chi connectivity index (χ3n) is 10.3. The van der Waals surface area contributed by atoms with Crippen LogP contribution in [0.3, 0.4) is 0 Å². The summed E-state index contributed by atoms with van der Waals surface area (Å²) < 4.78 is 53.5. The van der Waals surface area contributed by atoms with Crippen molar-refractivity contribution in [2.45, 2.75) is 75.2 Å². The highest BCUT2D eigenvalue weighted by molar-refractivity contribution is 7.90. The van der Waals surface area contributed by atoms with Gasteiger partial charge >= 0.3 is 0 Å². The molecule has 0 bridgehead atoms. The topological polar surface area (TPSA) is 71.4 Å². The molecule has 0 aromatic heterocycles. The molecular weight excluding hydrogens is 542 g/mol. The van der Waals surface area contributed by atoms with Crippen LogP contribution in [0.5, 0.6) is 0 Å². The number of fused-ring (bicyclic) bond motifs is 4. The largest absolute Gasteiger partial charge is 0.377 e. The molecule has 7 heteroatoms. The molecule has 6 rings (SSSR count). The van der Waals surface area contributed by atoms with Crippen molar-refractivity contribution in [2.24, 2.45) is 17.3 Å². The van der Waals surface area contributed by atoms with Crippen LogP contribution in [0.25, 0.3) is 0 Å². The Morgan fingerprint density at radius 1 is 1.02 bits per heavy atom. The zero-order valence-electron chi connectivity index (χ0n) is 23.6. The molecule has 0 heterocycles. The molecule has 5 atom stereocenters. The Kier molecular flexibility index (Phi) is 6.67. The second-order valence-electron chi connectivity index (χ2n) is 12.6. The summed E-state index contributed by atoms with van der Waals surface area (Å²) in [5.74, 6) is 5.17. The summed E-state index contributed by atoms with van der Waals surface area (Å²) in [5, 5.41) is 12.2. The van der Waals surface area contributed by atoms with Gasteiger partial charge in [-0.3, -0.25) is 4.79 Å². The highest BCUT2D eigenvalue weighted by Crippen LogP contribution is 2.66. The van der Waals surface area contributed by atoms with Gasteiger partial charge in [0.2, 0.25) is 0 Å². The van der Waals surface area contributed by atoms with Crippen molar-refractivity contribution >= 4 is 15.6 Å². The normalized spacial score (nSPS) is 31.0. The van der Waals surface area contributed by atoms with Gasteiger partial charge in [-0.15, -0.1) is 0 Å². The van der Waals surface area contributed by atoms with Crippen molar-refractivity contribution in [1.29, 1.82) is 0 Å². The fourth-order valence-electron chi connectivity index (χ4n) is 8.00. The summed E-state index contributed by atoms with van der Waals surface area (Å²) in [7, 11) is -3.33. The van der Waals surface area contributed by atoms with Crippen LogP contribution in [-0.2, 0) is 14.6 Å². The molecule has 0 amide bonds. The number of sulfone groups is 1. The summed E-state index contributed by atoms with van der Waals surface area (Å²) in [6.07, 6.45) is 7.32. The lowest BCUT2D eigenvalue weighted by atomic mass is 9.51. The first-order valence-corrected chi connectivity index (χ1v) is 16.2. The minimum absolute atomic E-state index is 0.0135. The van der Waals surface area contributed by atoms with Crippen molar-refractivity contribution in [3.63, 3.8) is 0 Å². The molecule has 0 radical (unpaired) electrons. The number of rotatable bonds is 2. The number of aliphatic hydroxyl groups is 1. The molecule has 2 aromatic rings. The van der Waals surface area contributed by atoms with Crippen LogP contribution < -0.4 is 0 Å². The number of allylic oxidation sites excluding steroid dienone is 4. The third-order valence-corrected chi connectivity index (χ3v) is 11.4. The fraction of sp³-hybridized carbons (Fsp3) is 0.441. The molecule has 2 aromatic carbocycles. The second-order valence-corrected chi connectivity index (χ2v) is 14.6. The zero-order chi connectivity index (χ0) is 29.3. The fourth-order valence-corrected chi connectivity index (χ4v) is 8.63. The average molecular weight is 577 g/mol. The molecule has 0 aliphatic heterocycles. The van der Waals surface area contributed by atoms with Crippen LogP contribution in [0, 0.1) is 47.6 Å². The molecule has 2 saturated carbocycles. The molecule has 41 heavy (non-hydrogen) atoms. The van der Waals surface area contributed by atoms with Crippen LogP contribution in [0.2, 0.25) is 0 Å². The van der Waals surface area contributed by atoms with E-state index in [1.807, 2.05) is 0 Å². The van der Waals surface area contributed by atoms with Crippen LogP contribution >= 0.6 is 0 Å². The Bertz CT molecular complexity index is 1670. The van der Waals surface area contributed by atoms with Crippen molar-refractivity contribution in [3.8, 4) is 11.8 Å². The minimum Gasteiger partial charge on any atom is -0.377 e. The first-order valence-electron chi connectivity index (χ1n) is 14.3. The van der Waals surface area contributed by atoms with Crippen LogP contribution in [0.15, 0.2) is 64.1 Å². The van der Waals surface area contributed by atoms with Gasteiger partial charge < -0.3 is 5.11 Å². The number of ketones is 1. The summed E-state index contributed by atoms with van der Waals surface area (Å²) in [6.45, 7) is 3.50. The molecule has 0 spiro atoms. The van der Waals surface area contributed by atoms with Crippen molar-refractivity contribution in [1.82, 2.24) is 0 Å². The van der Waals surface area contributed by atoms with E-state index in [0.717, 1.165) is 31.1 Å². The summed E-state index contributed by atoms with van der Waals surface area (Å²) in [6, 6.07) is 9.19. The first-order chi connectivity index (χ1) is 19.3. The molecule has 214 valence electrons. The second kappa shape index (κ2) is 9.74. The Labute approximate surface area is 240 Å². The minimum atomic E-state index is -3.33. The number of carbonyl (C=O) groups is 1. The number of carbonyl (C=O) groups excluding carboxylic acids is 1. The van der Waals surface area contributed by atoms with Gasteiger partial charge in [-0.2, -0.15) is 0 Å². The molecular formula is C34H34F2O4S. The Hall–Kier alpha value is -3.08. The van der Waals surface area contributed by atoms with E-state index in [4.69, 9.17) is 0 Å². The van der Waals surface area contributed by atoms with Gasteiger partial charge in [-0.1, -0.05) is 24.3 Å². The Morgan fingerprint density at radius 2 is 1.71 bits per heavy atom. The van der Waals surface area contributed by atoms with E-state index in [1.54, 1.807) is 18.2 Å². The van der Waals surface area contributed by atoms with Gasteiger partial charge in [0.05, 0.1) is 4.90 Å². The highest BCUT2D eigenvalue weighted by Gasteiger charge is 2.62. The predicted octanol–water partition coefficient (Wildman–Crippen LogP) is 6.36. The molecule has 0 saturated heterocycles. The maximum atomic E-state index is 14.9. The van der Waals surface area contributed by atoms with Gasteiger partial charge in [-0.05, 0) is 116 Å². The van der Waals surface area contributed by atoms with Gasteiger partial charge in [-0.25, -0.2) is 17.2 Å². The summed E-state index contributed by atoms with van der Waals surface area (Å²) in [5.41, 5.74) is 2.60. The van der Waals surface area contributed by atoms with E-state index in [9.17, 15) is 27.1 Å². The molecule has 1 unspecified atom stereocenters. The smallest absolute Gasteiger partial charge is 0.175 e. The standard InChI is InChI=1S/C34H34F2O4S/c1-20-30(35)17-23(18-31(20)36)28-19-33(2)29(27-10-6-22-16-24(37)7-11-26(22)32(27)28)13-15-34(33,38)14-12-21-4-8-25(9-5-21)41(3,39)40/h4-5,8-9,16-18,27-29,38H,6-7,10-11,13,15,19H2,1-3H3/t27-,28+,29?,33-,34-/m0/s1. The Morgan fingerprint density at radius 3 is 2.37 bits per heavy atom. The van der Waals surface area contributed by atoms with E-state index in [1.165, 1.54) is 42.3 Å². The molecule has 4 nitrogen and oxygen atoms in total. The van der Waals surface area contributed by atoms with E-state index >= 15 is 0 Å². The maximum absolute atomic E-state index is 14.9. The SMILES string of the molecule is Cc1c(F)cc([C@H]2C[C@@]3(C)C(CC[C@@]3(O)C#Cc3ccc(S(C)(=O)=O)cc3)[C@@H]3CCC4=CC(=O)CCC4=C32)cc1F. The number of hydrogen-bond acceptors (Lipinski definition) is 4. The van der Waals surface area contributed by atoms with Gasteiger partial charge in [0.15, 0.2) is 15.6 Å². The quantitative estimate of drug-likeness (QED) is 0.423. The molecule has 2 fully saturated rings. The zero-order valence-corrected chi connectivity index (χ0v) is 24.4. The lowest BCUT2D eigenvalue weighted by molar-refractivity contribution is -0.114. The number of benzene rings is 2. The maximum Gasteiger partial charge on any atom is 0.175 e. The summed E-state index contributed by atoms with van der Waals surface area (Å²) >= 11 is 0. The van der Waals surface area contributed by atoms with Gasteiger partial charge in [0.25, 0.3) is 0 Å². The predicted molar refractivity (Wildman–Crippen MR) is 153 cm³/mol. The molecule has 4 aliphatic carbocycles.